The maximum absolute atomic E-state index is 15.1. The molecule has 1 aliphatic carbocycles. The second-order valence-corrected chi connectivity index (χ2v) is 11.8. The van der Waals surface area contributed by atoms with Gasteiger partial charge in [-0.25, -0.2) is 8.78 Å². The Kier molecular flexibility index (Phi) is 11.3. The third-order valence-electron chi connectivity index (χ3n) is 7.37. The summed E-state index contributed by atoms with van der Waals surface area (Å²) in [6, 6.07) is -0.399. The highest BCUT2D eigenvalue weighted by atomic mass is 32.2. The van der Waals surface area contributed by atoms with E-state index in [1.54, 1.807) is 29.6 Å². The molecule has 8 nitrogen and oxygen atoms in total. The average molecular weight is 589 g/mol. The molecule has 2 aliphatic rings. The molecule has 1 amide bonds. The van der Waals surface area contributed by atoms with Gasteiger partial charge in [-0.3, -0.25) is 18.6 Å². The largest absolute Gasteiger partial charge is 0.381 e. The molecule has 1 N–H and O–H groups in total. The lowest BCUT2D eigenvalue weighted by atomic mass is 10.1. The second kappa shape index (κ2) is 14.4. The summed E-state index contributed by atoms with van der Waals surface area (Å²) >= 11 is 0. The number of allylic oxidation sites excluding steroid dienone is 6. The normalized spacial score (nSPS) is 20.3. The molecule has 1 aromatic heterocycles. The number of likely N-dealkylation sites (N-methyl/N-ethyl adjacent to an activating group) is 1. The number of aryl methyl sites for hydroxylation is 1. The molecule has 0 spiro atoms. The Hall–Kier alpha value is -3.47. The van der Waals surface area contributed by atoms with E-state index in [1.165, 1.54) is 24.5 Å². The molecule has 1 aliphatic heterocycles. The maximum Gasteiger partial charge on any atom is 0.255 e. The number of nitrogens with one attached hydrogen (secondary N) is 1. The molecule has 224 valence electrons. The van der Waals surface area contributed by atoms with Crippen LogP contribution < -0.4 is 10.2 Å². The number of hydrogen-bond donors (Lipinski definition) is 1. The maximum atomic E-state index is 15.1. The molecule has 0 saturated carbocycles. The van der Waals surface area contributed by atoms with Gasteiger partial charge in [0, 0.05) is 87.3 Å². The van der Waals surface area contributed by atoms with E-state index in [0.717, 1.165) is 37.7 Å². The lowest BCUT2D eigenvalue weighted by Crippen LogP contribution is -2.49. The van der Waals surface area contributed by atoms with Gasteiger partial charge in [0.2, 0.25) is 0 Å². The number of nitrogens with zero attached hydrogens (tertiary/aromatic N) is 5. The number of amides is 1. The lowest BCUT2D eigenvalue weighted by molar-refractivity contribution is -0.125. The Balaban J connectivity index is 1.65. The number of hydrogen-bond acceptors (Lipinski definition) is 6. The van der Waals surface area contributed by atoms with Gasteiger partial charge in [-0.1, -0.05) is 13.5 Å². The van der Waals surface area contributed by atoms with Crippen molar-refractivity contribution in [2.45, 2.75) is 44.9 Å². The van der Waals surface area contributed by atoms with Crippen molar-refractivity contribution >= 4 is 22.4 Å². The van der Waals surface area contributed by atoms with E-state index in [4.69, 9.17) is 0 Å². The first kappa shape index (κ1) is 32.0. The highest BCUT2D eigenvalue weighted by Gasteiger charge is 2.26. The second-order valence-electron chi connectivity index (χ2n) is 10.3. The van der Waals surface area contributed by atoms with Crippen molar-refractivity contribution in [3.05, 3.63) is 83.7 Å². The van der Waals surface area contributed by atoms with E-state index in [0.29, 0.717) is 23.3 Å². The standard InChI is InChI=1S/C30H42F2N6O2S/c1-8-23(17-25(32)16-21(3)22(4)34-27-11-10-24(31)18-28(27)41(7)40)30(39)36(6)29(9-2)38-14-12-37(13-15-38)26-19-33-35(5)20-26/h9-11,16-17,19-20,22,28,34H,3,8,12-15,18H2,1-2,4-7H3/b23-17+,25-16+,29-9+/t22-,28?,41?/m1/s1. The van der Waals surface area contributed by atoms with Crippen molar-refractivity contribution in [2.75, 3.05) is 44.4 Å². The van der Waals surface area contributed by atoms with Gasteiger partial charge in [0.05, 0.1) is 17.1 Å². The van der Waals surface area contributed by atoms with Crippen LogP contribution in [0.2, 0.25) is 0 Å². The van der Waals surface area contributed by atoms with E-state index < -0.39 is 27.9 Å². The van der Waals surface area contributed by atoms with Gasteiger partial charge < -0.3 is 15.1 Å². The van der Waals surface area contributed by atoms with Crippen LogP contribution in [-0.4, -0.2) is 80.5 Å². The van der Waals surface area contributed by atoms with E-state index >= 15 is 4.39 Å². The molecular weight excluding hydrogens is 546 g/mol. The van der Waals surface area contributed by atoms with Gasteiger partial charge in [-0.2, -0.15) is 5.10 Å². The summed E-state index contributed by atoms with van der Waals surface area (Å²) in [4.78, 5) is 19.4. The monoisotopic (exact) mass is 588 g/mol. The summed E-state index contributed by atoms with van der Waals surface area (Å²) in [6.07, 6.45) is 13.1. The zero-order valence-corrected chi connectivity index (χ0v) is 25.7. The molecule has 1 saturated heterocycles. The minimum atomic E-state index is -1.28. The average Bonchev–Trinajstić information content (AvgIpc) is 3.38. The molecule has 11 heteroatoms. The first-order valence-electron chi connectivity index (χ1n) is 13.8. The Morgan fingerprint density at radius 1 is 1.29 bits per heavy atom. The topological polar surface area (TPSA) is 73.7 Å². The van der Waals surface area contributed by atoms with E-state index in [-0.39, 0.29) is 18.2 Å². The van der Waals surface area contributed by atoms with Crippen molar-refractivity contribution in [3.63, 3.8) is 0 Å². The van der Waals surface area contributed by atoms with Crippen LogP contribution in [0.4, 0.5) is 14.5 Å². The number of aromatic nitrogens is 2. The molecule has 1 fully saturated rings. The summed E-state index contributed by atoms with van der Waals surface area (Å²) in [5, 5.41) is 6.94. The summed E-state index contributed by atoms with van der Waals surface area (Å²) < 4.78 is 42.7. The molecule has 0 bridgehead atoms. The van der Waals surface area contributed by atoms with Crippen LogP contribution in [0, 0.1) is 0 Å². The van der Waals surface area contributed by atoms with E-state index in [9.17, 15) is 13.4 Å². The predicted molar refractivity (Wildman–Crippen MR) is 163 cm³/mol. The smallest absolute Gasteiger partial charge is 0.255 e. The number of rotatable bonds is 11. The van der Waals surface area contributed by atoms with Crippen LogP contribution in [0.25, 0.3) is 0 Å². The summed E-state index contributed by atoms with van der Waals surface area (Å²) in [5.74, 6) is -0.410. The number of carbonyl (C=O) groups excluding carboxylic acids is 1. The highest BCUT2D eigenvalue weighted by molar-refractivity contribution is 7.85. The van der Waals surface area contributed by atoms with Crippen LogP contribution in [0.3, 0.4) is 0 Å². The Morgan fingerprint density at radius 3 is 2.54 bits per heavy atom. The van der Waals surface area contributed by atoms with Crippen LogP contribution >= 0.6 is 0 Å². The number of piperazine rings is 1. The Morgan fingerprint density at radius 2 is 1.98 bits per heavy atom. The van der Waals surface area contributed by atoms with Crippen molar-refractivity contribution in [2.24, 2.45) is 7.05 Å². The third-order valence-corrected chi connectivity index (χ3v) is 8.59. The summed E-state index contributed by atoms with van der Waals surface area (Å²) in [7, 11) is 2.33. The summed E-state index contributed by atoms with van der Waals surface area (Å²) in [5.41, 5.74) is 2.47. The Labute approximate surface area is 244 Å². The molecule has 2 unspecified atom stereocenters. The molecule has 0 aromatic carbocycles. The first-order chi connectivity index (χ1) is 19.4. The fraction of sp³-hybridized carbons (Fsp3) is 0.467. The molecule has 41 heavy (non-hydrogen) atoms. The molecule has 2 heterocycles. The van der Waals surface area contributed by atoms with Gasteiger partial charge in [0.1, 0.15) is 17.5 Å². The zero-order valence-electron chi connectivity index (χ0n) is 24.9. The predicted octanol–water partition coefficient (Wildman–Crippen LogP) is 4.47. The van der Waals surface area contributed by atoms with Gasteiger partial charge in [-0.05, 0) is 56.2 Å². The van der Waals surface area contributed by atoms with Crippen molar-refractivity contribution in [3.8, 4) is 0 Å². The van der Waals surface area contributed by atoms with Gasteiger partial charge in [0.15, 0.2) is 0 Å². The van der Waals surface area contributed by atoms with Crippen LogP contribution in [-0.2, 0) is 22.6 Å². The van der Waals surface area contributed by atoms with Crippen LogP contribution in [0.15, 0.2) is 83.7 Å². The molecule has 3 atom stereocenters. The minimum absolute atomic E-state index is 0.0535. The lowest BCUT2D eigenvalue weighted by Gasteiger charge is -2.40. The fourth-order valence-corrected chi connectivity index (χ4v) is 5.82. The molecular formula is C30H42F2N6O2S. The van der Waals surface area contributed by atoms with Crippen LogP contribution in [0.5, 0.6) is 0 Å². The fourth-order valence-electron chi connectivity index (χ4n) is 4.92. The third kappa shape index (κ3) is 8.28. The van der Waals surface area contributed by atoms with Crippen LogP contribution in [0.1, 0.15) is 33.6 Å². The minimum Gasteiger partial charge on any atom is -0.381 e. The number of anilines is 1. The quantitative estimate of drug-likeness (QED) is 0.304. The van der Waals surface area contributed by atoms with Gasteiger partial charge in [-0.15, -0.1) is 0 Å². The van der Waals surface area contributed by atoms with Gasteiger partial charge >= 0.3 is 0 Å². The van der Waals surface area contributed by atoms with Gasteiger partial charge in [0.25, 0.3) is 5.91 Å². The zero-order chi connectivity index (χ0) is 30.3. The van der Waals surface area contributed by atoms with Crippen molar-refractivity contribution < 1.29 is 17.8 Å². The highest BCUT2D eigenvalue weighted by Crippen LogP contribution is 2.24. The number of carbonyl (C=O) groups is 1. The van der Waals surface area contributed by atoms with E-state index in [2.05, 4.69) is 26.8 Å². The summed E-state index contributed by atoms with van der Waals surface area (Å²) in [6.45, 7) is 12.5. The van der Waals surface area contributed by atoms with Crippen molar-refractivity contribution in [1.82, 2.24) is 24.9 Å². The SMILES string of the molecule is C=C(/C=C(F)\C=C(/CC)C(=O)N(C)/C(=C\C)N1CCN(c2cnn(C)c2)CC1)[C@@H](C)NC1=CC=C(F)CC1S(C)=O. The molecule has 0 radical (unpaired) electrons. The van der Waals surface area contributed by atoms with E-state index in [1.807, 2.05) is 39.4 Å². The van der Waals surface area contributed by atoms with Crippen molar-refractivity contribution in [1.29, 1.82) is 0 Å². The first-order valence-corrected chi connectivity index (χ1v) is 15.4. The molecule has 3 rings (SSSR count). The Bertz CT molecular complexity index is 1300. The molecule has 1 aromatic rings. The number of halogens is 2.